The van der Waals surface area contributed by atoms with E-state index in [4.69, 9.17) is 0 Å². The molecule has 2 heterocycles. The highest BCUT2D eigenvalue weighted by molar-refractivity contribution is 7.17. The van der Waals surface area contributed by atoms with Gasteiger partial charge in [-0.05, 0) is 47.6 Å². The average molecular weight is 413 g/mol. The molecule has 2 rings (SSSR count). The van der Waals surface area contributed by atoms with Crippen molar-refractivity contribution in [1.82, 2.24) is 15.3 Å². The molecule has 0 unspecified atom stereocenters. The standard InChI is InChI=1S/C19H26F2N4O2S/c1-10-14(28-17(24-10)16(26)23-9-19(5,6)27)12-8-22-13(25-18(2,3)4)7-11(12)15(20)21/h7-8,15,27H,9H2,1-6H3,(H,22,25)(H,23,26). The van der Waals surface area contributed by atoms with Crippen molar-refractivity contribution in [3.8, 4) is 10.4 Å². The summed E-state index contributed by atoms with van der Waals surface area (Å²) >= 11 is 1.02. The van der Waals surface area contributed by atoms with E-state index >= 15 is 0 Å². The van der Waals surface area contributed by atoms with Gasteiger partial charge >= 0.3 is 0 Å². The van der Waals surface area contributed by atoms with Gasteiger partial charge in [0.15, 0.2) is 5.01 Å². The number of halogens is 2. The van der Waals surface area contributed by atoms with Crippen LogP contribution in [0.5, 0.6) is 0 Å². The summed E-state index contributed by atoms with van der Waals surface area (Å²) in [7, 11) is 0. The third-order valence-corrected chi connectivity index (χ3v) is 4.78. The summed E-state index contributed by atoms with van der Waals surface area (Å²) in [4.78, 5) is 21.2. The van der Waals surface area contributed by atoms with Crippen molar-refractivity contribution in [2.45, 2.75) is 59.1 Å². The monoisotopic (exact) mass is 412 g/mol. The van der Waals surface area contributed by atoms with E-state index in [1.807, 2.05) is 20.8 Å². The zero-order chi connectivity index (χ0) is 21.3. The first-order valence-electron chi connectivity index (χ1n) is 8.81. The second-order valence-corrected chi connectivity index (χ2v) is 9.26. The van der Waals surface area contributed by atoms with Crippen molar-refractivity contribution < 1.29 is 18.7 Å². The van der Waals surface area contributed by atoms with Crippen LogP contribution in [0, 0.1) is 6.92 Å². The van der Waals surface area contributed by atoms with Gasteiger partial charge in [-0.2, -0.15) is 0 Å². The van der Waals surface area contributed by atoms with Crippen LogP contribution in [0.15, 0.2) is 12.3 Å². The van der Waals surface area contributed by atoms with Gasteiger partial charge in [0.2, 0.25) is 0 Å². The number of nitrogens with zero attached hydrogens (tertiary/aromatic N) is 2. The summed E-state index contributed by atoms with van der Waals surface area (Å²) in [5, 5.41) is 15.5. The van der Waals surface area contributed by atoms with Gasteiger partial charge in [-0.1, -0.05) is 0 Å². The Morgan fingerprint density at radius 3 is 2.46 bits per heavy atom. The molecule has 1 amide bonds. The second kappa shape index (κ2) is 8.08. The van der Waals surface area contributed by atoms with Crippen LogP contribution in [0.4, 0.5) is 14.6 Å². The first-order chi connectivity index (χ1) is 12.8. The number of carbonyl (C=O) groups excluding carboxylic acids is 1. The van der Waals surface area contributed by atoms with E-state index in [0.717, 1.165) is 11.3 Å². The first kappa shape index (κ1) is 22.2. The number of anilines is 1. The fourth-order valence-electron chi connectivity index (χ4n) is 2.41. The Bertz CT molecular complexity index is 855. The van der Waals surface area contributed by atoms with E-state index in [2.05, 4.69) is 20.6 Å². The van der Waals surface area contributed by atoms with E-state index < -0.39 is 17.9 Å². The zero-order valence-electron chi connectivity index (χ0n) is 16.9. The predicted octanol–water partition coefficient (Wildman–Crippen LogP) is 4.16. The summed E-state index contributed by atoms with van der Waals surface area (Å²) < 4.78 is 27.4. The molecule has 0 atom stereocenters. The van der Waals surface area contributed by atoms with Gasteiger partial charge < -0.3 is 15.7 Å². The molecule has 0 spiro atoms. The van der Waals surface area contributed by atoms with Gasteiger partial charge in [-0.25, -0.2) is 18.7 Å². The Kier molecular flexibility index (Phi) is 6.40. The van der Waals surface area contributed by atoms with Crippen LogP contribution in [-0.4, -0.2) is 38.7 Å². The minimum atomic E-state index is -2.70. The maximum atomic E-state index is 13.7. The van der Waals surface area contributed by atoms with Crippen LogP contribution in [0.3, 0.4) is 0 Å². The number of amides is 1. The third kappa shape index (κ3) is 5.93. The number of aromatic nitrogens is 2. The van der Waals surface area contributed by atoms with Crippen molar-refractivity contribution >= 4 is 23.1 Å². The minimum Gasteiger partial charge on any atom is -0.389 e. The van der Waals surface area contributed by atoms with Crippen LogP contribution in [-0.2, 0) is 0 Å². The molecule has 0 aromatic carbocycles. The molecule has 0 saturated carbocycles. The van der Waals surface area contributed by atoms with Crippen molar-refractivity contribution in [3.63, 3.8) is 0 Å². The first-order valence-corrected chi connectivity index (χ1v) is 9.63. The van der Waals surface area contributed by atoms with Crippen molar-refractivity contribution in [1.29, 1.82) is 0 Å². The van der Waals surface area contributed by atoms with Gasteiger partial charge in [0.05, 0.1) is 16.2 Å². The van der Waals surface area contributed by atoms with Crippen LogP contribution in [0.25, 0.3) is 10.4 Å². The van der Waals surface area contributed by atoms with Crippen molar-refractivity contribution in [2.24, 2.45) is 0 Å². The van der Waals surface area contributed by atoms with Crippen molar-refractivity contribution in [3.05, 3.63) is 28.5 Å². The lowest BCUT2D eigenvalue weighted by molar-refractivity contribution is 0.0694. The van der Waals surface area contributed by atoms with E-state index in [-0.39, 0.29) is 28.2 Å². The van der Waals surface area contributed by atoms with Crippen molar-refractivity contribution in [2.75, 3.05) is 11.9 Å². The Balaban J connectivity index is 2.37. The minimum absolute atomic E-state index is 0.0524. The maximum Gasteiger partial charge on any atom is 0.280 e. The number of nitrogens with one attached hydrogen (secondary N) is 2. The van der Waals surface area contributed by atoms with Crippen LogP contribution in [0.2, 0.25) is 0 Å². The van der Waals surface area contributed by atoms with E-state index in [9.17, 15) is 18.7 Å². The molecular formula is C19H26F2N4O2S. The topological polar surface area (TPSA) is 87.1 Å². The number of carbonyl (C=O) groups is 1. The molecule has 0 aliphatic heterocycles. The second-order valence-electron chi connectivity index (χ2n) is 8.26. The van der Waals surface area contributed by atoms with Gasteiger partial charge in [-0.3, -0.25) is 4.79 Å². The number of aryl methyl sites for hydroxylation is 1. The molecule has 0 bridgehead atoms. The molecule has 3 N–H and O–H groups in total. The highest BCUT2D eigenvalue weighted by Gasteiger charge is 2.23. The lowest BCUT2D eigenvalue weighted by atomic mass is 10.1. The van der Waals surface area contributed by atoms with Crippen LogP contribution in [0.1, 0.15) is 62.1 Å². The number of rotatable bonds is 6. The molecule has 154 valence electrons. The zero-order valence-corrected chi connectivity index (χ0v) is 17.7. The van der Waals surface area contributed by atoms with E-state index in [1.54, 1.807) is 20.8 Å². The number of thiazole rings is 1. The molecule has 0 aliphatic rings. The van der Waals surface area contributed by atoms with Crippen LogP contribution >= 0.6 is 11.3 Å². The summed E-state index contributed by atoms with van der Waals surface area (Å²) in [5.74, 6) is -0.101. The van der Waals surface area contributed by atoms with Gasteiger partial charge in [-0.15, -0.1) is 11.3 Å². The summed E-state index contributed by atoms with van der Waals surface area (Å²) in [6.07, 6.45) is -1.32. The normalized spacial score (nSPS) is 12.4. The molecular weight excluding hydrogens is 386 g/mol. The molecule has 0 aliphatic carbocycles. The third-order valence-electron chi connectivity index (χ3n) is 3.59. The molecule has 2 aromatic rings. The smallest absolute Gasteiger partial charge is 0.280 e. The molecule has 2 aromatic heterocycles. The number of alkyl halides is 2. The Hall–Kier alpha value is -2.13. The lowest BCUT2D eigenvalue weighted by Gasteiger charge is -2.22. The highest BCUT2D eigenvalue weighted by atomic mass is 32.1. The number of hydrogen-bond acceptors (Lipinski definition) is 6. The van der Waals surface area contributed by atoms with Gasteiger partial charge in [0.25, 0.3) is 12.3 Å². The number of hydrogen-bond donors (Lipinski definition) is 3. The summed E-state index contributed by atoms with van der Waals surface area (Å²) in [6, 6.07) is 1.33. The molecule has 28 heavy (non-hydrogen) atoms. The Morgan fingerprint density at radius 1 is 1.29 bits per heavy atom. The molecule has 0 fully saturated rings. The molecule has 6 nitrogen and oxygen atoms in total. The van der Waals surface area contributed by atoms with Gasteiger partial charge in [0, 0.05) is 29.4 Å². The Morgan fingerprint density at radius 2 is 1.93 bits per heavy atom. The fourth-order valence-corrected chi connectivity index (χ4v) is 3.42. The average Bonchev–Trinajstić information content (AvgIpc) is 2.92. The molecule has 0 radical (unpaired) electrons. The number of aliphatic hydroxyl groups is 1. The molecule has 9 heteroatoms. The number of pyridine rings is 1. The fraction of sp³-hybridized carbons (Fsp3) is 0.526. The van der Waals surface area contributed by atoms with Gasteiger partial charge in [0.1, 0.15) is 5.82 Å². The Labute approximate surface area is 167 Å². The van der Waals surface area contributed by atoms with Crippen LogP contribution < -0.4 is 10.6 Å². The molecule has 0 saturated heterocycles. The quantitative estimate of drug-likeness (QED) is 0.663. The highest BCUT2D eigenvalue weighted by Crippen LogP contribution is 2.37. The lowest BCUT2D eigenvalue weighted by Crippen LogP contribution is -2.38. The summed E-state index contributed by atoms with van der Waals surface area (Å²) in [5.41, 5.74) is -0.824. The largest absolute Gasteiger partial charge is 0.389 e. The summed E-state index contributed by atoms with van der Waals surface area (Å²) in [6.45, 7) is 10.6. The predicted molar refractivity (Wildman–Crippen MR) is 107 cm³/mol. The maximum absolute atomic E-state index is 13.7. The van der Waals surface area contributed by atoms with E-state index in [1.165, 1.54) is 12.3 Å². The van der Waals surface area contributed by atoms with E-state index in [0.29, 0.717) is 16.4 Å². The SMILES string of the molecule is Cc1nc(C(=O)NCC(C)(C)O)sc1-c1cnc(NC(C)(C)C)cc1C(F)F.